The zero-order valence-corrected chi connectivity index (χ0v) is 20.1. The standard InChI is InChI=1S/C23H28N4O5S/c1-23(2,3)19-13-17(27-11-10-20(28)25-22(27)29)12-18(21(19)32-4)16-8-6-15(7-9-16)14-24-26-33(5,30)31/h6-9,12-14,26H,10-11H2,1-5H3,(H,25,28,29)/b24-14+. The van der Waals surface area contributed by atoms with E-state index < -0.39 is 16.1 Å². The van der Waals surface area contributed by atoms with Gasteiger partial charge in [0.2, 0.25) is 15.9 Å². The highest BCUT2D eigenvalue weighted by molar-refractivity contribution is 7.88. The molecule has 0 atom stereocenters. The van der Waals surface area contributed by atoms with Crippen LogP contribution in [0.15, 0.2) is 41.5 Å². The predicted octanol–water partition coefficient (Wildman–Crippen LogP) is 2.99. The number of carbonyl (C=O) groups is 2. The number of urea groups is 1. The molecule has 1 aliphatic heterocycles. The summed E-state index contributed by atoms with van der Waals surface area (Å²) in [4.78, 5) is 27.7. The summed E-state index contributed by atoms with van der Waals surface area (Å²) >= 11 is 0. The molecule has 2 N–H and O–H groups in total. The van der Waals surface area contributed by atoms with Gasteiger partial charge in [-0.1, -0.05) is 45.0 Å². The van der Waals surface area contributed by atoms with Gasteiger partial charge in [-0.3, -0.25) is 15.0 Å². The molecule has 2 aromatic rings. The molecule has 1 heterocycles. The van der Waals surface area contributed by atoms with Crippen LogP contribution in [0.1, 0.15) is 38.3 Å². The van der Waals surface area contributed by atoms with E-state index in [2.05, 4.69) is 36.0 Å². The number of amides is 3. The van der Waals surface area contributed by atoms with Crippen LogP contribution in [0.3, 0.4) is 0 Å². The second-order valence-corrected chi connectivity index (χ2v) is 10.5. The molecule has 33 heavy (non-hydrogen) atoms. The summed E-state index contributed by atoms with van der Waals surface area (Å²) in [5.74, 6) is 0.406. The Labute approximate surface area is 193 Å². The van der Waals surface area contributed by atoms with Crippen molar-refractivity contribution in [1.29, 1.82) is 0 Å². The molecule has 0 aromatic heterocycles. The Bertz CT molecular complexity index is 1200. The molecule has 0 spiro atoms. The van der Waals surface area contributed by atoms with E-state index in [0.717, 1.165) is 22.9 Å². The van der Waals surface area contributed by atoms with Gasteiger partial charge >= 0.3 is 6.03 Å². The third kappa shape index (κ3) is 5.89. The highest BCUT2D eigenvalue weighted by Crippen LogP contribution is 2.42. The van der Waals surface area contributed by atoms with Crippen molar-refractivity contribution in [2.75, 3.05) is 24.8 Å². The minimum Gasteiger partial charge on any atom is -0.496 e. The maximum atomic E-state index is 12.5. The lowest BCUT2D eigenvalue weighted by Gasteiger charge is -2.31. The summed E-state index contributed by atoms with van der Waals surface area (Å²) < 4.78 is 28.1. The zero-order valence-electron chi connectivity index (χ0n) is 19.3. The second kappa shape index (κ2) is 9.22. The summed E-state index contributed by atoms with van der Waals surface area (Å²) in [7, 11) is -1.81. The number of nitrogens with one attached hydrogen (secondary N) is 2. The number of anilines is 1. The van der Waals surface area contributed by atoms with Gasteiger partial charge in [0.05, 0.1) is 19.6 Å². The maximum Gasteiger partial charge on any atom is 0.328 e. The Hall–Kier alpha value is -3.40. The van der Waals surface area contributed by atoms with E-state index in [9.17, 15) is 18.0 Å². The van der Waals surface area contributed by atoms with Gasteiger partial charge in [-0.15, -0.1) is 0 Å². The third-order valence-corrected chi connectivity index (χ3v) is 5.54. The SMILES string of the molecule is COc1c(-c2ccc(/C=N/NS(C)(=O)=O)cc2)cc(N2CCC(=O)NC2=O)cc1C(C)(C)C. The Morgan fingerprint density at radius 2 is 1.82 bits per heavy atom. The molecule has 0 saturated carbocycles. The topological polar surface area (TPSA) is 117 Å². The number of hydrogen-bond acceptors (Lipinski definition) is 6. The van der Waals surface area contributed by atoms with Crippen molar-refractivity contribution < 1.29 is 22.7 Å². The van der Waals surface area contributed by atoms with Gasteiger partial charge in [-0.05, 0) is 28.7 Å². The van der Waals surface area contributed by atoms with E-state index in [1.165, 1.54) is 6.21 Å². The summed E-state index contributed by atoms with van der Waals surface area (Å²) in [6, 6.07) is 10.7. The van der Waals surface area contributed by atoms with Crippen molar-refractivity contribution in [2.45, 2.75) is 32.6 Å². The average Bonchev–Trinajstić information content (AvgIpc) is 2.72. The van der Waals surface area contributed by atoms with Gasteiger partial charge in [0, 0.05) is 29.8 Å². The Morgan fingerprint density at radius 3 is 2.36 bits per heavy atom. The zero-order chi connectivity index (χ0) is 24.4. The van der Waals surface area contributed by atoms with Gasteiger partial charge in [0.15, 0.2) is 0 Å². The van der Waals surface area contributed by atoms with Crippen molar-refractivity contribution >= 4 is 33.9 Å². The molecule has 176 valence electrons. The van der Waals surface area contributed by atoms with E-state index in [1.54, 1.807) is 24.1 Å². The third-order valence-electron chi connectivity index (χ3n) is 5.11. The van der Waals surface area contributed by atoms with Crippen LogP contribution < -0.4 is 19.8 Å². The molecule has 1 saturated heterocycles. The summed E-state index contributed by atoms with van der Waals surface area (Å²) in [5.41, 5.74) is 3.66. The first-order chi connectivity index (χ1) is 15.4. The van der Waals surface area contributed by atoms with Gasteiger partial charge in [0.25, 0.3) is 0 Å². The number of rotatable bonds is 6. The molecule has 0 bridgehead atoms. The van der Waals surface area contributed by atoms with Crippen molar-refractivity contribution in [2.24, 2.45) is 5.10 Å². The number of sulfonamides is 1. The molecule has 0 aliphatic carbocycles. The number of imide groups is 1. The number of ether oxygens (including phenoxy) is 1. The molecular formula is C23H28N4O5S. The van der Waals surface area contributed by atoms with Gasteiger partial charge in [-0.25, -0.2) is 18.0 Å². The van der Waals surface area contributed by atoms with Crippen LogP contribution in [0.25, 0.3) is 11.1 Å². The highest BCUT2D eigenvalue weighted by Gasteiger charge is 2.29. The van der Waals surface area contributed by atoms with Crippen molar-refractivity contribution in [1.82, 2.24) is 10.1 Å². The second-order valence-electron chi connectivity index (χ2n) is 8.82. The molecule has 1 fully saturated rings. The first-order valence-electron chi connectivity index (χ1n) is 10.3. The van der Waals surface area contributed by atoms with Crippen LogP contribution in [-0.2, 0) is 20.2 Å². The van der Waals surface area contributed by atoms with Crippen LogP contribution in [-0.4, -0.2) is 46.5 Å². The van der Waals surface area contributed by atoms with Crippen LogP contribution in [0.4, 0.5) is 10.5 Å². The molecule has 0 unspecified atom stereocenters. The Kier molecular flexibility index (Phi) is 6.78. The monoisotopic (exact) mass is 472 g/mol. The molecule has 3 amide bonds. The van der Waals surface area contributed by atoms with E-state index >= 15 is 0 Å². The Balaban J connectivity index is 2.06. The number of hydrogen-bond donors (Lipinski definition) is 2. The predicted molar refractivity (Wildman–Crippen MR) is 128 cm³/mol. The normalized spacial score (nSPS) is 15.0. The van der Waals surface area contributed by atoms with E-state index in [1.807, 2.05) is 24.3 Å². The minimum absolute atomic E-state index is 0.230. The van der Waals surface area contributed by atoms with Crippen molar-refractivity contribution in [3.05, 3.63) is 47.5 Å². The molecule has 10 heteroatoms. The largest absolute Gasteiger partial charge is 0.496 e. The molecule has 3 rings (SSSR count). The lowest BCUT2D eigenvalue weighted by molar-refractivity contribution is -0.120. The van der Waals surface area contributed by atoms with Gasteiger partial charge in [0.1, 0.15) is 5.75 Å². The smallest absolute Gasteiger partial charge is 0.328 e. The van der Waals surface area contributed by atoms with E-state index in [4.69, 9.17) is 4.74 Å². The number of carbonyl (C=O) groups excluding carboxylic acids is 2. The maximum absolute atomic E-state index is 12.5. The number of nitrogens with zero attached hydrogens (tertiary/aromatic N) is 2. The minimum atomic E-state index is -3.42. The summed E-state index contributed by atoms with van der Waals surface area (Å²) in [6.45, 7) is 6.48. The highest BCUT2D eigenvalue weighted by atomic mass is 32.2. The average molecular weight is 473 g/mol. The van der Waals surface area contributed by atoms with Crippen LogP contribution in [0.5, 0.6) is 5.75 Å². The summed E-state index contributed by atoms with van der Waals surface area (Å²) in [6.07, 6.45) is 2.67. The van der Waals surface area contributed by atoms with Crippen LogP contribution in [0, 0.1) is 0 Å². The van der Waals surface area contributed by atoms with Gasteiger partial charge in [-0.2, -0.15) is 5.10 Å². The lowest BCUT2D eigenvalue weighted by atomic mass is 9.83. The fourth-order valence-electron chi connectivity index (χ4n) is 3.52. The van der Waals surface area contributed by atoms with Crippen LogP contribution >= 0.6 is 0 Å². The first-order valence-corrected chi connectivity index (χ1v) is 12.2. The fourth-order valence-corrected chi connectivity index (χ4v) is 3.76. The fraction of sp³-hybridized carbons (Fsp3) is 0.348. The molecule has 9 nitrogen and oxygen atoms in total. The van der Waals surface area contributed by atoms with Gasteiger partial charge < -0.3 is 4.74 Å². The van der Waals surface area contributed by atoms with Crippen molar-refractivity contribution in [3.8, 4) is 16.9 Å². The Morgan fingerprint density at radius 1 is 1.15 bits per heavy atom. The molecule has 1 aliphatic rings. The molecular weight excluding hydrogens is 444 g/mol. The molecule has 2 aromatic carbocycles. The number of benzene rings is 2. The molecule has 0 radical (unpaired) electrons. The lowest BCUT2D eigenvalue weighted by Crippen LogP contribution is -2.49. The number of methoxy groups -OCH3 is 1. The quantitative estimate of drug-likeness (QED) is 0.495. The van der Waals surface area contributed by atoms with E-state index in [-0.39, 0.29) is 17.7 Å². The van der Waals surface area contributed by atoms with E-state index in [0.29, 0.717) is 23.5 Å². The van der Waals surface area contributed by atoms with Crippen LogP contribution in [0.2, 0.25) is 0 Å². The summed E-state index contributed by atoms with van der Waals surface area (Å²) in [5, 5.41) is 6.08. The first kappa shape index (κ1) is 24.2. The number of hydrazone groups is 1. The van der Waals surface area contributed by atoms with Crippen molar-refractivity contribution in [3.63, 3.8) is 0 Å².